The van der Waals surface area contributed by atoms with Gasteiger partial charge in [-0.15, -0.1) is 0 Å². The Hall–Kier alpha value is -3.86. The summed E-state index contributed by atoms with van der Waals surface area (Å²) >= 11 is 0. The van der Waals surface area contributed by atoms with Crippen LogP contribution in [0.5, 0.6) is 0 Å². The van der Waals surface area contributed by atoms with Gasteiger partial charge in [-0.1, -0.05) is 30.3 Å². The number of carbonyl (C=O) groups is 2. The van der Waals surface area contributed by atoms with Crippen molar-refractivity contribution in [2.24, 2.45) is 4.99 Å². The van der Waals surface area contributed by atoms with Gasteiger partial charge in [0, 0.05) is 6.21 Å². The van der Waals surface area contributed by atoms with Crippen LogP contribution < -0.4 is 5.32 Å². The Balaban J connectivity index is 1.92. The largest absolute Gasteiger partial charge is 0.506 e. The van der Waals surface area contributed by atoms with E-state index in [1.807, 2.05) is 0 Å². The average Bonchev–Trinajstić information content (AvgIpc) is 3.65. The van der Waals surface area contributed by atoms with Crippen LogP contribution in [-0.4, -0.2) is 47.7 Å². The first-order valence-corrected chi connectivity index (χ1v) is 11.5. The Bertz CT molecular complexity index is 1210. The lowest BCUT2D eigenvalue weighted by molar-refractivity contribution is -0.137. The summed E-state index contributed by atoms with van der Waals surface area (Å²) in [6, 6.07) is 8.61. The highest BCUT2D eigenvalue weighted by Crippen LogP contribution is 2.48. The molecule has 1 saturated carbocycles. The normalized spacial score (nSPS) is 15.6. The molecule has 0 heterocycles. The fraction of sp³-hybridized carbons (Fsp3) is 0.346. The third-order valence-electron chi connectivity index (χ3n) is 5.67. The van der Waals surface area contributed by atoms with Crippen molar-refractivity contribution in [3.05, 3.63) is 76.1 Å². The van der Waals surface area contributed by atoms with Crippen molar-refractivity contribution in [2.45, 2.75) is 44.9 Å². The maximum absolute atomic E-state index is 15.2. The van der Waals surface area contributed by atoms with E-state index >= 15 is 13.2 Å². The molecule has 1 amide bonds. The Morgan fingerprint density at radius 3 is 2.43 bits per heavy atom. The number of aliphatic imine (C=N–C) groups is 1. The van der Waals surface area contributed by atoms with Crippen LogP contribution in [0.2, 0.25) is 0 Å². The van der Waals surface area contributed by atoms with E-state index in [0.29, 0.717) is 11.6 Å². The second-order valence-corrected chi connectivity index (χ2v) is 8.47. The summed E-state index contributed by atoms with van der Waals surface area (Å²) in [5.74, 6) is -6.73. The molecule has 0 spiro atoms. The van der Waals surface area contributed by atoms with E-state index in [1.165, 1.54) is 13.8 Å². The number of rotatable bonds is 10. The van der Waals surface area contributed by atoms with E-state index in [9.17, 15) is 14.7 Å². The van der Waals surface area contributed by atoms with E-state index in [0.717, 1.165) is 6.21 Å². The van der Waals surface area contributed by atoms with Crippen LogP contribution in [0.25, 0.3) is 5.76 Å². The van der Waals surface area contributed by atoms with Crippen LogP contribution in [0.15, 0.2) is 47.0 Å². The number of nitrogens with zero attached hydrogens (tertiary/aromatic N) is 1. The van der Waals surface area contributed by atoms with E-state index in [-0.39, 0.29) is 32.7 Å². The fourth-order valence-corrected chi connectivity index (χ4v) is 3.54. The van der Waals surface area contributed by atoms with Gasteiger partial charge in [0.15, 0.2) is 11.6 Å². The average molecular weight is 521 g/mol. The van der Waals surface area contributed by atoms with Crippen LogP contribution in [0.4, 0.5) is 18.0 Å². The third-order valence-corrected chi connectivity index (χ3v) is 5.67. The molecule has 1 fully saturated rings. The van der Waals surface area contributed by atoms with Crippen LogP contribution in [0, 0.1) is 17.5 Å². The first-order valence-electron chi connectivity index (χ1n) is 11.5. The molecular formula is C26H27F3N2O6. The second-order valence-electron chi connectivity index (χ2n) is 8.47. The molecular weight excluding hydrogens is 493 g/mol. The second kappa shape index (κ2) is 11.9. The number of esters is 1. The summed E-state index contributed by atoms with van der Waals surface area (Å²) in [5.41, 5.74) is -3.14. The van der Waals surface area contributed by atoms with E-state index < -0.39 is 63.6 Å². The minimum Gasteiger partial charge on any atom is -0.506 e. The highest BCUT2D eigenvalue weighted by atomic mass is 19.2. The van der Waals surface area contributed by atoms with Gasteiger partial charge >= 0.3 is 12.1 Å². The molecule has 3 rings (SSSR count). The molecule has 3 N–H and O–H groups in total. The molecule has 37 heavy (non-hydrogen) atoms. The van der Waals surface area contributed by atoms with Crippen molar-refractivity contribution in [2.75, 3.05) is 13.2 Å². The Labute approximate surface area is 211 Å². The number of aliphatic hydroxyl groups is 2. The molecule has 8 nitrogen and oxygen atoms in total. The van der Waals surface area contributed by atoms with Gasteiger partial charge < -0.3 is 25.0 Å². The maximum Gasteiger partial charge on any atom is 0.408 e. The first kappa shape index (κ1) is 27.7. The van der Waals surface area contributed by atoms with Gasteiger partial charge in [0.25, 0.3) is 0 Å². The number of alkyl carbamates (subject to hydrolysis) is 1. The monoisotopic (exact) mass is 520 g/mol. The molecule has 1 aliphatic carbocycles. The molecule has 0 bridgehead atoms. The third kappa shape index (κ3) is 6.48. The molecule has 0 unspecified atom stereocenters. The number of nitrogens with one attached hydrogen (secondary N) is 1. The number of hydrogen-bond acceptors (Lipinski definition) is 7. The van der Waals surface area contributed by atoms with Gasteiger partial charge in [-0.25, -0.2) is 22.8 Å². The molecule has 0 aromatic heterocycles. The zero-order chi connectivity index (χ0) is 27.2. The number of amides is 1. The van der Waals surface area contributed by atoms with Gasteiger partial charge in [-0.2, -0.15) is 0 Å². The highest BCUT2D eigenvalue weighted by Gasteiger charge is 2.51. The van der Waals surface area contributed by atoms with Crippen LogP contribution in [-0.2, 0) is 26.4 Å². The first-order chi connectivity index (χ1) is 17.6. The van der Waals surface area contributed by atoms with E-state index in [2.05, 4.69) is 10.3 Å². The van der Waals surface area contributed by atoms with Gasteiger partial charge in [0.05, 0.1) is 35.9 Å². The van der Waals surface area contributed by atoms with Crippen molar-refractivity contribution in [1.29, 1.82) is 0 Å². The predicted octanol–water partition coefficient (Wildman–Crippen LogP) is 4.30. The summed E-state index contributed by atoms with van der Waals surface area (Å²) in [7, 11) is 0. The number of benzene rings is 2. The van der Waals surface area contributed by atoms with Gasteiger partial charge in [-0.05, 0) is 38.3 Å². The molecule has 2 aromatic carbocycles. The molecule has 1 aliphatic rings. The lowest BCUT2D eigenvalue weighted by Crippen LogP contribution is -2.37. The molecule has 0 aliphatic heterocycles. The number of aliphatic hydroxyl groups excluding tert-OH is 2. The molecule has 0 saturated heterocycles. The molecule has 0 radical (unpaired) electrons. The maximum atomic E-state index is 15.2. The minimum atomic E-state index is -1.63. The Morgan fingerprint density at radius 2 is 1.84 bits per heavy atom. The summed E-state index contributed by atoms with van der Waals surface area (Å²) in [6.07, 6.45) is 0.152. The summed E-state index contributed by atoms with van der Waals surface area (Å²) in [5, 5.41) is 22.1. The van der Waals surface area contributed by atoms with Crippen molar-refractivity contribution in [3.8, 4) is 0 Å². The van der Waals surface area contributed by atoms with Gasteiger partial charge in [-0.3, -0.25) is 4.99 Å². The molecule has 11 heteroatoms. The number of hydrogen-bond donors (Lipinski definition) is 3. The predicted molar refractivity (Wildman–Crippen MR) is 128 cm³/mol. The highest BCUT2D eigenvalue weighted by molar-refractivity contribution is 6.15. The summed E-state index contributed by atoms with van der Waals surface area (Å²) < 4.78 is 55.4. The fourth-order valence-electron chi connectivity index (χ4n) is 3.54. The smallest absolute Gasteiger partial charge is 0.408 e. The standard InChI is InChI=1S/C26H27F3N2O6/c1-3-36-24(34)18(12-30-15(2)13-32)23(33)17-11-19(27)20(22(29)21(17)28)26(9-10-26)31-25(35)37-14-16-7-5-4-6-8-16/h4-8,11-12,15,32-33H,3,9-10,13-14H2,1-2H3,(H,31,35)/b23-18+,30-12?/t15-/m0/s1. The van der Waals surface area contributed by atoms with Crippen molar-refractivity contribution >= 4 is 24.0 Å². The Morgan fingerprint density at radius 1 is 1.16 bits per heavy atom. The lowest BCUT2D eigenvalue weighted by atomic mass is 9.98. The van der Waals surface area contributed by atoms with E-state index in [1.54, 1.807) is 30.3 Å². The zero-order valence-electron chi connectivity index (χ0n) is 20.3. The summed E-state index contributed by atoms with van der Waals surface area (Å²) in [6.45, 7) is 2.42. The van der Waals surface area contributed by atoms with Gasteiger partial charge in [0.1, 0.15) is 23.8 Å². The van der Waals surface area contributed by atoms with Crippen molar-refractivity contribution in [1.82, 2.24) is 5.32 Å². The lowest BCUT2D eigenvalue weighted by Gasteiger charge is -2.20. The van der Waals surface area contributed by atoms with Crippen molar-refractivity contribution in [3.63, 3.8) is 0 Å². The van der Waals surface area contributed by atoms with Crippen LogP contribution in [0.1, 0.15) is 43.4 Å². The SMILES string of the molecule is CCOC(=O)/C(C=N[C@@H](C)CO)=C(/O)c1cc(F)c(C2(NC(=O)OCc3ccccc3)CC2)c(F)c1F. The number of carbonyl (C=O) groups excluding carboxylic acids is 2. The number of halogens is 3. The van der Waals surface area contributed by atoms with Crippen LogP contribution >= 0.6 is 0 Å². The number of ether oxygens (including phenoxy) is 2. The van der Waals surface area contributed by atoms with Gasteiger partial charge in [0.2, 0.25) is 0 Å². The van der Waals surface area contributed by atoms with Crippen molar-refractivity contribution < 1.29 is 42.4 Å². The van der Waals surface area contributed by atoms with Crippen LogP contribution in [0.3, 0.4) is 0 Å². The quantitative estimate of drug-likeness (QED) is 0.141. The van der Waals surface area contributed by atoms with E-state index in [4.69, 9.17) is 14.6 Å². The molecule has 198 valence electrons. The minimum absolute atomic E-state index is 0.0766. The summed E-state index contributed by atoms with van der Waals surface area (Å²) in [4.78, 5) is 28.4. The topological polar surface area (TPSA) is 117 Å². The molecule has 2 aromatic rings. The zero-order valence-corrected chi connectivity index (χ0v) is 20.3. The molecule has 1 atom stereocenters. The Kier molecular flexibility index (Phi) is 8.93.